The van der Waals surface area contributed by atoms with Crippen molar-refractivity contribution in [3.8, 4) is 0 Å². The SMILES string of the molecule is CNCC1CCCCCC1Cc1ccc(Br)cc1Cl. The van der Waals surface area contributed by atoms with Crippen molar-refractivity contribution in [2.75, 3.05) is 13.6 Å². The van der Waals surface area contributed by atoms with Crippen molar-refractivity contribution in [1.82, 2.24) is 5.32 Å². The van der Waals surface area contributed by atoms with Crippen molar-refractivity contribution >= 4 is 27.5 Å². The zero-order chi connectivity index (χ0) is 13.7. The van der Waals surface area contributed by atoms with Crippen LogP contribution in [0.25, 0.3) is 0 Å². The van der Waals surface area contributed by atoms with Crippen molar-refractivity contribution in [2.45, 2.75) is 38.5 Å². The number of nitrogens with one attached hydrogen (secondary N) is 1. The van der Waals surface area contributed by atoms with E-state index in [1.807, 2.05) is 6.07 Å². The second-order valence-electron chi connectivity index (χ2n) is 5.66. The summed E-state index contributed by atoms with van der Waals surface area (Å²) in [4.78, 5) is 0. The minimum atomic E-state index is 0.772. The van der Waals surface area contributed by atoms with Crippen LogP contribution in [0.4, 0.5) is 0 Å². The molecule has 1 fully saturated rings. The minimum Gasteiger partial charge on any atom is -0.319 e. The van der Waals surface area contributed by atoms with Gasteiger partial charge >= 0.3 is 0 Å². The van der Waals surface area contributed by atoms with Gasteiger partial charge in [0.25, 0.3) is 0 Å². The van der Waals surface area contributed by atoms with E-state index < -0.39 is 0 Å². The van der Waals surface area contributed by atoms with Gasteiger partial charge in [-0.05, 0) is 62.4 Å². The summed E-state index contributed by atoms with van der Waals surface area (Å²) in [6.07, 6.45) is 7.98. The highest BCUT2D eigenvalue weighted by molar-refractivity contribution is 9.10. The molecule has 1 nitrogen and oxygen atoms in total. The number of hydrogen-bond acceptors (Lipinski definition) is 1. The van der Waals surface area contributed by atoms with Crippen LogP contribution in [0.1, 0.15) is 37.7 Å². The van der Waals surface area contributed by atoms with E-state index in [1.165, 1.54) is 37.7 Å². The third-order valence-corrected chi connectivity index (χ3v) is 5.13. The molecular weight excluding hydrogens is 322 g/mol. The van der Waals surface area contributed by atoms with E-state index in [2.05, 4.69) is 40.4 Å². The molecule has 3 heteroatoms. The zero-order valence-electron chi connectivity index (χ0n) is 11.6. The Morgan fingerprint density at radius 2 is 1.95 bits per heavy atom. The molecule has 0 aliphatic heterocycles. The third-order valence-electron chi connectivity index (χ3n) is 4.28. The maximum absolute atomic E-state index is 6.37. The molecule has 0 heterocycles. The first kappa shape index (κ1) is 15.3. The summed E-state index contributed by atoms with van der Waals surface area (Å²) < 4.78 is 1.06. The normalized spacial score (nSPS) is 24.2. The standard InChI is InChI=1S/C16H23BrClN/c1-19-11-14-6-4-2-3-5-12(14)9-13-7-8-15(17)10-16(13)18/h7-8,10,12,14,19H,2-6,9,11H2,1H3. The van der Waals surface area contributed by atoms with E-state index in [0.29, 0.717) is 0 Å². The van der Waals surface area contributed by atoms with Gasteiger partial charge in [0.15, 0.2) is 0 Å². The summed E-state index contributed by atoms with van der Waals surface area (Å²) in [6, 6.07) is 6.29. The van der Waals surface area contributed by atoms with Crippen molar-refractivity contribution in [3.63, 3.8) is 0 Å². The Balaban J connectivity index is 2.09. The first-order valence-corrected chi connectivity index (χ1v) is 8.46. The molecular formula is C16H23BrClN. The molecule has 0 radical (unpaired) electrons. The molecule has 2 unspecified atom stereocenters. The third kappa shape index (κ3) is 4.47. The molecule has 0 amide bonds. The fourth-order valence-corrected chi connectivity index (χ4v) is 3.98. The van der Waals surface area contributed by atoms with Gasteiger partial charge in [-0.25, -0.2) is 0 Å². The monoisotopic (exact) mass is 343 g/mol. The van der Waals surface area contributed by atoms with Gasteiger partial charge < -0.3 is 5.32 Å². The molecule has 2 rings (SSSR count). The Kier molecular flexibility index (Phi) is 6.18. The molecule has 0 spiro atoms. The predicted octanol–water partition coefficient (Wildman–Crippen LogP) is 5.06. The van der Waals surface area contributed by atoms with E-state index in [-0.39, 0.29) is 0 Å². The molecule has 1 aliphatic carbocycles. The molecule has 1 N–H and O–H groups in total. The first-order valence-electron chi connectivity index (χ1n) is 7.29. The van der Waals surface area contributed by atoms with Gasteiger partial charge in [-0.1, -0.05) is 52.9 Å². The molecule has 106 valence electrons. The fourth-order valence-electron chi connectivity index (χ4n) is 3.23. The Labute approximate surface area is 130 Å². The maximum atomic E-state index is 6.37. The predicted molar refractivity (Wildman–Crippen MR) is 86.8 cm³/mol. The molecule has 1 saturated carbocycles. The van der Waals surface area contributed by atoms with Gasteiger partial charge in [-0.2, -0.15) is 0 Å². The molecule has 2 atom stereocenters. The van der Waals surface area contributed by atoms with Crippen LogP contribution in [-0.4, -0.2) is 13.6 Å². The lowest BCUT2D eigenvalue weighted by Crippen LogP contribution is -2.26. The van der Waals surface area contributed by atoms with Crippen LogP contribution in [0.5, 0.6) is 0 Å². The molecule has 1 aromatic carbocycles. The van der Waals surface area contributed by atoms with E-state index in [9.17, 15) is 0 Å². The average Bonchev–Trinajstić information content (AvgIpc) is 2.59. The van der Waals surface area contributed by atoms with Gasteiger partial charge in [0.1, 0.15) is 0 Å². The Morgan fingerprint density at radius 3 is 2.63 bits per heavy atom. The van der Waals surface area contributed by atoms with E-state index in [4.69, 9.17) is 11.6 Å². The van der Waals surface area contributed by atoms with Crippen LogP contribution in [0.15, 0.2) is 22.7 Å². The molecule has 0 bridgehead atoms. The average molecular weight is 345 g/mol. The van der Waals surface area contributed by atoms with Crippen LogP contribution >= 0.6 is 27.5 Å². The lowest BCUT2D eigenvalue weighted by atomic mass is 9.83. The van der Waals surface area contributed by atoms with Crippen LogP contribution in [0.2, 0.25) is 5.02 Å². The van der Waals surface area contributed by atoms with E-state index in [0.717, 1.165) is 34.3 Å². The zero-order valence-corrected chi connectivity index (χ0v) is 13.9. The molecule has 1 aromatic rings. The first-order chi connectivity index (χ1) is 9.20. The second-order valence-corrected chi connectivity index (χ2v) is 6.98. The summed E-state index contributed by atoms with van der Waals surface area (Å²) in [7, 11) is 2.06. The topological polar surface area (TPSA) is 12.0 Å². The molecule has 1 aliphatic rings. The summed E-state index contributed by atoms with van der Waals surface area (Å²) in [6.45, 7) is 1.14. The highest BCUT2D eigenvalue weighted by atomic mass is 79.9. The maximum Gasteiger partial charge on any atom is 0.0449 e. The smallest absolute Gasteiger partial charge is 0.0449 e. The minimum absolute atomic E-state index is 0.772. The largest absolute Gasteiger partial charge is 0.319 e. The lowest BCUT2D eigenvalue weighted by molar-refractivity contribution is 0.304. The second kappa shape index (κ2) is 7.66. The van der Waals surface area contributed by atoms with Crippen LogP contribution in [-0.2, 0) is 6.42 Å². The van der Waals surface area contributed by atoms with E-state index >= 15 is 0 Å². The van der Waals surface area contributed by atoms with Gasteiger partial charge in [0, 0.05) is 9.50 Å². The molecule has 19 heavy (non-hydrogen) atoms. The molecule has 0 aromatic heterocycles. The van der Waals surface area contributed by atoms with Crippen molar-refractivity contribution in [2.24, 2.45) is 11.8 Å². The highest BCUT2D eigenvalue weighted by Gasteiger charge is 2.24. The van der Waals surface area contributed by atoms with Crippen LogP contribution in [0.3, 0.4) is 0 Å². The Hall–Kier alpha value is -0.0500. The van der Waals surface area contributed by atoms with Gasteiger partial charge in [-0.15, -0.1) is 0 Å². The van der Waals surface area contributed by atoms with Crippen molar-refractivity contribution in [3.05, 3.63) is 33.3 Å². The number of benzene rings is 1. The van der Waals surface area contributed by atoms with Gasteiger partial charge in [0.05, 0.1) is 0 Å². The summed E-state index contributed by atoms with van der Waals surface area (Å²) in [5.41, 5.74) is 1.30. The summed E-state index contributed by atoms with van der Waals surface area (Å²) >= 11 is 9.84. The Morgan fingerprint density at radius 1 is 1.21 bits per heavy atom. The number of halogens is 2. The fraction of sp³-hybridized carbons (Fsp3) is 0.625. The number of hydrogen-bond donors (Lipinski definition) is 1. The van der Waals surface area contributed by atoms with Gasteiger partial charge in [0.2, 0.25) is 0 Å². The summed E-state index contributed by atoms with van der Waals surface area (Å²) in [5, 5.41) is 4.27. The van der Waals surface area contributed by atoms with Crippen LogP contribution in [0, 0.1) is 11.8 Å². The van der Waals surface area contributed by atoms with Crippen molar-refractivity contribution < 1.29 is 0 Å². The summed E-state index contributed by atoms with van der Waals surface area (Å²) in [5.74, 6) is 1.57. The molecule has 0 saturated heterocycles. The van der Waals surface area contributed by atoms with Gasteiger partial charge in [-0.3, -0.25) is 0 Å². The number of rotatable bonds is 4. The highest BCUT2D eigenvalue weighted by Crippen LogP contribution is 2.33. The lowest BCUT2D eigenvalue weighted by Gasteiger charge is -2.25. The Bertz CT molecular complexity index is 408. The van der Waals surface area contributed by atoms with Crippen molar-refractivity contribution in [1.29, 1.82) is 0 Å². The quantitative estimate of drug-likeness (QED) is 0.753. The van der Waals surface area contributed by atoms with E-state index in [1.54, 1.807) is 0 Å². The van der Waals surface area contributed by atoms with Crippen LogP contribution < -0.4 is 5.32 Å².